The number of halogens is 2. The predicted molar refractivity (Wildman–Crippen MR) is 110 cm³/mol. The Hall–Kier alpha value is -1.75. The Kier molecular flexibility index (Phi) is 8.42. The Balaban J connectivity index is 0.00000261. The number of benzene rings is 2. The normalized spacial score (nSPS) is 16.5. The van der Waals surface area contributed by atoms with Crippen LogP contribution in [0, 0.1) is 6.92 Å². The third-order valence-corrected chi connectivity index (χ3v) is 5.04. The van der Waals surface area contributed by atoms with Crippen molar-refractivity contribution in [3.8, 4) is 0 Å². The summed E-state index contributed by atoms with van der Waals surface area (Å²) in [7, 11) is 0. The molecular formula is C22H28ClFN2O. The number of hydrogen-bond acceptors (Lipinski definition) is 3. The van der Waals surface area contributed by atoms with E-state index in [4.69, 9.17) is 0 Å². The highest BCUT2D eigenvalue weighted by atomic mass is 35.5. The van der Waals surface area contributed by atoms with E-state index in [0.717, 1.165) is 19.6 Å². The quantitative estimate of drug-likeness (QED) is 0.514. The molecule has 1 aliphatic rings. The van der Waals surface area contributed by atoms with Crippen molar-refractivity contribution in [3.05, 3.63) is 71.3 Å². The van der Waals surface area contributed by atoms with Crippen molar-refractivity contribution in [3.63, 3.8) is 0 Å². The van der Waals surface area contributed by atoms with Gasteiger partial charge in [0, 0.05) is 44.7 Å². The fraction of sp³-hybridized carbons (Fsp3) is 0.409. The van der Waals surface area contributed by atoms with Crippen LogP contribution in [0.25, 0.3) is 0 Å². The van der Waals surface area contributed by atoms with Crippen LogP contribution >= 0.6 is 12.4 Å². The van der Waals surface area contributed by atoms with E-state index >= 15 is 0 Å². The first-order chi connectivity index (χ1) is 12.6. The summed E-state index contributed by atoms with van der Waals surface area (Å²) in [4.78, 5) is 16.3. The van der Waals surface area contributed by atoms with E-state index in [1.807, 2.05) is 23.1 Å². The van der Waals surface area contributed by atoms with Crippen LogP contribution in [0.5, 0.6) is 0 Å². The van der Waals surface area contributed by atoms with Gasteiger partial charge >= 0.3 is 0 Å². The summed E-state index contributed by atoms with van der Waals surface area (Å²) in [5.74, 6) is 0.0197. The Morgan fingerprint density at radius 3 is 2.26 bits per heavy atom. The largest absolute Gasteiger partial charge is 0.297 e. The number of ketones is 1. The van der Waals surface area contributed by atoms with Gasteiger partial charge in [0.05, 0.1) is 0 Å². The third-order valence-electron chi connectivity index (χ3n) is 5.04. The van der Waals surface area contributed by atoms with E-state index in [1.165, 1.54) is 11.1 Å². The molecule has 1 saturated heterocycles. The molecule has 1 atom stereocenters. The number of carbonyl (C=O) groups is 1. The van der Waals surface area contributed by atoms with Crippen LogP contribution in [0.3, 0.4) is 0 Å². The maximum absolute atomic E-state index is 14.5. The highest BCUT2D eigenvalue weighted by molar-refractivity contribution is 5.95. The van der Waals surface area contributed by atoms with Crippen LogP contribution < -0.4 is 0 Å². The fourth-order valence-electron chi connectivity index (χ4n) is 3.35. The van der Waals surface area contributed by atoms with Crippen LogP contribution in [-0.4, -0.2) is 48.1 Å². The molecule has 2 aromatic carbocycles. The molecule has 0 bridgehead atoms. The van der Waals surface area contributed by atoms with E-state index in [0.29, 0.717) is 18.7 Å². The topological polar surface area (TPSA) is 23.6 Å². The average molecular weight is 391 g/mol. The zero-order chi connectivity index (χ0) is 18.4. The van der Waals surface area contributed by atoms with Gasteiger partial charge in [0.25, 0.3) is 0 Å². The summed E-state index contributed by atoms with van der Waals surface area (Å²) in [6.07, 6.45) is -0.510. The van der Waals surface area contributed by atoms with Gasteiger partial charge in [-0.1, -0.05) is 60.2 Å². The van der Waals surface area contributed by atoms with Crippen molar-refractivity contribution in [1.29, 1.82) is 0 Å². The van der Waals surface area contributed by atoms with Crippen LogP contribution in [0.1, 0.15) is 34.3 Å². The number of aryl methyl sites for hydroxylation is 1. The Labute approximate surface area is 167 Å². The smallest absolute Gasteiger partial charge is 0.163 e. The van der Waals surface area contributed by atoms with Crippen molar-refractivity contribution in [2.45, 2.75) is 32.6 Å². The second kappa shape index (κ2) is 10.5. The Morgan fingerprint density at radius 2 is 1.63 bits per heavy atom. The van der Waals surface area contributed by atoms with Crippen LogP contribution in [0.4, 0.5) is 4.39 Å². The monoisotopic (exact) mass is 390 g/mol. The van der Waals surface area contributed by atoms with Gasteiger partial charge in [-0.2, -0.15) is 0 Å². The van der Waals surface area contributed by atoms with Crippen molar-refractivity contribution in [2.24, 2.45) is 0 Å². The summed E-state index contributed by atoms with van der Waals surface area (Å²) >= 11 is 0. The standard InChI is InChI=1S/C22H27FN2O.ClH/c1-18-7-9-19(10-8-18)17-24-13-15-25(16-14-24)22(23)12-11-21(26)20-5-3-2-4-6-20;/h2-10,22H,11-17H2,1H3;1H. The third kappa shape index (κ3) is 6.42. The molecule has 1 aliphatic heterocycles. The molecule has 3 rings (SSSR count). The number of rotatable bonds is 7. The van der Waals surface area contributed by atoms with Gasteiger partial charge in [-0.15, -0.1) is 12.4 Å². The minimum absolute atomic E-state index is 0. The van der Waals surface area contributed by atoms with Crippen molar-refractivity contribution in [1.82, 2.24) is 9.80 Å². The van der Waals surface area contributed by atoms with Crippen LogP contribution in [0.15, 0.2) is 54.6 Å². The fourth-order valence-corrected chi connectivity index (χ4v) is 3.35. The molecule has 0 aromatic heterocycles. The lowest BCUT2D eigenvalue weighted by molar-refractivity contribution is 0.0237. The van der Waals surface area contributed by atoms with Crippen molar-refractivity contribution >= 4 is 18.2 Å². The Morgan fingerprint density at radius 1 is 1.00 bits per heavy atom. The molecule has 0 N–H and O–H groups in total. The SMILES string of the molecule is Cc1ccc(CN2CCN(C(F)CCC(=O)c3ccccc3)CC2)cc1.Cl. The van der Waals surface area contributed by atoms with E-state index in [9.17, 15) is 9.18 Å². The summed E-state index contributed by atoms with van der Waals surface area (Å²) < 4.78 is 14.5. The van der Waals surface area contributed by atoms with Gasteiger partial charge < -0.3 is 0 Å². The summed E-state index contributed by atoms with van der Waals surface area (Å²) in [5.41, 5.74) is 3.24. The molecule has 1 fully saturated rings. The predicted octanol–water partition coefficient (Wildman–Crippen LogP) is 4.49. The number of nitrogens with zero attached hydrogens (tertiary/aromatic N) is 2. The summed E-state index contributed by atoms with van der Waals surface area (Å²) in [5, 5.41) is 0. The maximum Gasteiger partial charge on any atom is 0.163 e. The minimum atomic E-state index is -1.04. The first-order valence-corrected chi connectivity index (χ1v) is 9.36. The number of piperazine rings is 1. The summed E-state index contributed by atoms with van der Waals surface area (Å²) in [6, 6.07) is 17.7. The second-order valence-corrected chi connectivity index (χ2v) is 7.06. The first-order valence-electron chi connectivity index (χ1n) is 9.36. The molecule has 2 aromatic rings. The van der Waals surface area contributed by atoms with E-state index in [2.05, 4.69) is 36.1 Å². The number of Topliss-reactive ketones (excluding diaryl/α,β-unsaturated/α-hetero) is 1. The van der Waals surface area contributed by atoms with Gasteiger partial charge in [-0.3, -0.25) is 14.6 Å². The molecular weight excluding hydrogens is 363 g/mol. The molecule has 0 spiro atoms. The molecule has 5 heteroatoms. The molecule has 3 nitrogen and oxygen atoms in total. The van der Waals surface area contributed by atoms with Gasteiger partial charge in [0.15, 0.2) is 12.1 Å². The highest BCUT2D eigenvalue weighted by Gasteiger charge is 2.24. The van der Waals surface area contributed by atoms with E-state index in [-0.39, 0.29) is 31.0 Å². The van der Waals surface area contributed by atoms with E-state index in [1.54, 1.807) is 12.1 Å². The number of carbonyl (C=O) groups excluding carboxylic acids is 1. The molecule has 146 valence electrons. The molecule has 0 saturated carbocycles. The Bertz CT molecular complexity index is 700. The zero-order valence-electron chi connectivity index (χ0n) is 15.8. The van der Waals surface area contributed by atoms with Gasteiger partial charge in [0.2, 0.25) is 0 Å². The molecule has 0 amide bonds. The minimum Gasteiger partial charge on any atom is -0.297 e. The second-order valence-electron chi connectivity index (χ2n) is 7.06. The molecule has 1 heterocycles. The first kappa shape index (κ1) is 21.5. The summed E-state index contributed by atoms with van der Waals surface area (Å²) in [6.45, 7) is 6.16. The highest BCUT2D eigenvalue weighted by Crippen LogP contribution is 2.16. The van der Waals surface area contributed by atoms with Gasteiger partial charge in [0.1, 0.15) is 0 Å². The van der Waals surface area contributed by atoms with Crippen molar-refractivity contribution < 1.29 is 9.18 Å². The average Bonchev–Trinajstić information content (AvgIpc) is 2.69. The van der Waals surface area contributed by atoms with Crippen LogP contribution in [-0.2, 0) is 6.54 Å². The lowest BCUT2D eigenvalue weighted by atomic mass is 10.1. The molecule has 0 aliphatic carbocycles. The van der Waals surface area contributed by atoms with E-state index < -0.39 is 6.30 Å². The van der Waals surface area contributed by atoms with Crippen molar-refractivity contribution in [2.75, 3.05) is 26.2 Å². The lowest BCUT2D eigenvalue weighted by Crippen LogP contribution is -2.48. The van der Waals surface area contributed by atoms with Gasteiger partial charge in [-0.05, 0) is 18.9 Å². The number of alkyl halides is 1. The number of hydrogen-bond donors (Lipinski definition) is 0. The zero-order valence-corrected chi connectivity index (χ0v) is 16.6. The lowest BCUT2D eigenvalue weighted by Gasteiger charge is -2.36. The molecule has 1 unspecified atom stereocenters. The maximum atomic E-state index is 14.5. The molecule has 27 heavy (non-hydrogen) atoms. The molecule has 0 radical (unpaired) electrons. The van der Waals surface area contributed by atoms with Gasteiger partial charge in [-0.25, -0.2) is 4.39 Å². The van der Waals surface area contributed by atoms with Crippen LogP contribution in [0.2, 0.25) is 0 Å².